The lowest BCUT2D eigenvalue weighted by molar-refractivity contribution is 0.424. The molecule has 21 heavy (non-hydrogen) atoms. The van der Waals surface area contributed by atoms with E-state index in [1.54, 1.807) is 24.5 Å². The van der Waals surface area contributed by atoms with Crippen molar-refractivity contribution in [1.29, 1.82) is 0 Å². The van der Waals surface area contributed by atoms with Crippen LogP contribution < -0.4 is 0 Å². The monoisotopic (exact) mass is 278 g/mol. The average molecular weight is 278 g/mol. The molecule has 0 atom stereocenters. The first-order valence-corrected chi connectivity index (χ1v) is 6.41. The largest absolute Gasteiger partial charge is 0.506 e. The fraction of sp³-hybridized carbons (Fsp3) is 0. The summed E-state index contributed by atoms with van der Waals surface area (Å²) in [7, 11) is 0. The second-order valence-corrected chi connectivity index (χ2v) is 4.58. The second-order valence-electron chi connectivity index (χ2n) is 4.58. The number of nitrogens with zero attached hydrogens (tertiary/aromatic N) is 2. The van der Waals surface area contributed by atoms with Gasteiger partial charge in [0.15, 0.2) is 5.76 Å². The van der Waals surface area contributed by atoms with Gasteiger partial charge in [-0.15, -0.1) is 0 Å². The number of rotatable bonds is 2. The molecule has 0 radical (unpaired) electrons. The van der Waals surface area contributed by atoms with E-state index < -0.39 is 0 Å². The van der Waals surface area contributed by atoms with Gasteiger partial charge in [0.2, 0.25) is 5.82 Å². The molecule has 0 spiro atoms. The van der Waals surface area contributed by atoms with Crippen LogP contribution in [0.3, 0.4) is 0 Å². The Morgan fingerprint density at radius 1 is 0.952 bits per heavy atom. The fourth-order valence-corrected chi connectivity index (χ4v) is 2.27. The maximum atomic E-state index is 10.4. The van der Waals surface area contributed by atoms with E-state index in [1.165, 1.54) is 0 Å². The highest BCUT2D eigenvalue weighted by atomic mass is 16.5. The van der Waals surface area contributed by atoms with Crippen molar-refractivity contribution < 1.29 is 14.0 Å². The van der Waals surface area contributed by atoms with E-state index in [9.17, 15) is 5.11 Å². The molecule has 0 aliphatic heterocycles. The predicted octanol–water partition coefficient (Wildman–Crippen LogP) is 3.86. The summed E-state index contributed by atoms with van der Waals surface area (Å²) in [5, 5.41) is 15.9. The summed E-state index contributed by atoms with van der Waals surface area (Å²) in [6.45, 7) is 0. The van der Waals surface area contributed by atoms with Gasteiger partial charge in [0.25, 0.3) is 5.89 Å². The summed E-state index contributed by atoms with van der Waals surface area (Å²) < 4.78 is 10.4. The van der Waals surface area contributed by atoms with Gasteiger partial charge in [-0.3, -0.25) is 0 Å². The minimum Gasteiger partial charge on any atom is -0.506 e. The van der Waals surface area contributed by atoms with Crippen LogP contribution in [0, 0.1) is 0 Å². The zero-order valence-corrected chi connectivity index (χ0v) is 10.9. The highest BCUT2D eigenvalue weighted by Crippen LogP contribution is 2.35. The molecule has 2 aromatic carbocycles. The Labute approximate surface area is 119 Å². The van der Waals surface area contributed by atoms with Crippen molar-refractivity contribution in [3.8, 4) is 28.8 Å². The normalized spacial score (nSPS) is 11.0. The van der Waals surface area contributed by atoms with E-state index in [-0.39, 0.29) is 11.6 Å². The van der Waals surface area contributed by atoms with Crippen LogP contribution in [0.2, 0.25) is 0 Å². The standard InChI is InChI=1S/C16H10N2O3/c19-14-11-5-2-1-4-10(11)7-8-12(14)16-17-15(18-21-16)13-6-3-9-20-13/h1-9,19H. The van der Waals surface area contributed by atoms with Crippen LogP contribution in [0.25, 0.3) is 33.8 Å². The van der Waals surface area contributed by atoms with Gasteiger partial charge in [0.1, 0.15) is 5.75 Å². The van der Waals surface area contributed by atoms with Crippen molar-refractivity contribution in [2.45, 2.75) is 0 Å². The average Bonchev–Trinajstić information content (AvgIpc) is 3.19. The van der Waals surface area contributed by atoms with Gasteiger partial charge >= 0.3 is 0 Å². The Morgan fingerprint density at radius 3 is 2.71 bits per heavy atom. The molecule has 1 N–H and O–H groups in total. The highest BCUT2D eigenvalue weighted by molar-refractivity contribution is 5.93. The third-order valence-electron chi connectivity index (χ3n) is 3.30. The molecule has 102 valence electrons. The number of hydrogen-bond acceptors (Lipinski definition) is 5. The van der Waals surface area contributed by atoms with Crippen molar-refractivity contribution in [1.82, 2.24) is 10.1 Å². The van der Waals surface area contributed by atoms with E-state index in [2.05, 4.69) is 10.1 Å². The topological polar surface area (TPSA) is 72.3 Å². The molecule has 0 fully saturated rings. The summed E-state index contributed by atoms with van der Waals surface area (Å²) in [6.07, 6.45) is 1.54. The summed E-state index contributed by atoms with van der Waals surface area (Å²) in [6, 6.07) is 14.7. The van der Waals surface area contributed by atoms with Gasteiger partial charge < -0.3 is 14.0 Å². The lowest BCUT2D eigenvalue weighted by atomic mass is 10.1. The van der Waals surface area contributed by atoms with Crippen LogP contribution >= 0.6 is 0 Å². The highest BCUT2D eigenvalue weighted by Gasteiger charge is 2.16. The zero-order chi connectivity index (χ0) is 14.2. The number of hydrogen-bond donors (Lipinski definition) is 1. The molecule has 0 amide bonds. The lowest BCUT2D eigenvalue weighted by Crippen LogP contribution is -1.82. The molecule has 2 heterocycles. The molecule has 0 saturated carbocycles. The van der Waals surface area contributed by atoms with Gasteiger partial charge in [-0.25, -0.2) is 0 Å². The van der Waals surface area contributed by atoms with Crippen LogP contribution in [0.1, 0.15) is 0 Å². The van der Waals surface area contributed by atoms with Gasteiger partial charge in [-0.2, -0.15) is 4.98 Å². The molecular weight excluding hydrogens is 268 g/mol. The maximum absolute atomic E-state index is 10.4. The van der Waals surface area contributed by atoms with Crippen molar-refractivity contribution in [3.63, 3.8) is 0 Å². The SMILES string of the molecule is Oc1c(-c2nc(-c3ccco3)no2)ccc2ccccc12. The number of aromatic hydroxyl groups is 1. The number of benzene rings is 2. The molecule has 0 aliphatic carbocycles. The van der Waals surface area contributed by atoms with Gasteiger partial charge in [-0.1, -0.05) is 35.5 Å². The molecular formula is C16H10N2O3. The van der Waals surface area contributed by atoms with Crippen molar-refractivity contribution in [2.24, 2.45) is 0 Å². The van der Waals surface area contributed by atoms with E-state index >= 15 is 0 Å². The number of fused-ring (bicyclic) bond motifs is 1. The molecule has 0 saturated heterocycles. The second kappa shape index (κ2) is 4.49. The van der Waals surface area contributed by atoms with Gasteiger partial charge in [0, 0.05) is 5.39 Å². The minimum absolute atomic E-state index is 0.128. The van der Waals surface area contributed by atoms with Gasteiger partial charge in [-0.05, 0) is 23.6 Å². The van der Waals surface area contributed by atoms with E-state index in [1.807, 2.05) is 30.3 Å². The van der Waals surface area contributed by atoms with Crippen LogP contribution in [0.4, 0.5) is 0 Å². The predicted molar refractivity (Wildman–Crippen MR) is 76.6 cm³/mol. The Balaban J connectivity index is 1.85. The molecule has 0 bridgehead atoms. The molecule has 4 rings (SSSR count). The first kappa shape index (κ1) is 11.7. The first-order valence-electron chi connectivity index (χ1n) is 6.41. The third kappa shape index (κ3) is 1.87. The van der Waals surface area contributed by atoms with Crippen LogP contribution in [-0.4, -0.2) is 15.2 Å². The quantitative estimate of drug-likeness (QED) is 0.602. The first-order chi connectivity index (χ1) is 10.3. The van der Waals surface area contributed by atoms with Crippen LogP contribution in [0.5, 0.6) is 5.75 Å². The molecule has 5 heteroatoms. The number of phenolic OH excluding ortho intramolecular Hbond substituents is 1. The van der Waals surface area contributed by atoms with E-state index in [0.717, 1.165) is 10.8 Å². The summed E-state index contributed by atoms with van der Waals surface area (Å²) in [5.74, 6) is 1.25. The smallest absolute Gasteiger partial charge is 0.262 e. The van der Waals surface area contributed by atoms with Crippen molar-refractivity contribution in [2.75, 3.05) is 0 Å². The van der Waals surface area contributed by atoms with Crippen molar-refractivity contribution >= 4 is 10.8 Å². The molecule has 0 aliphatic rings. The third-order valence-corrected chi connectivity index (χ3v) is 3.30. The fourth-order valence-electron chi connectivity index (χ4n) is 2.27. The molecule has 5 nitrogen and oxygen atoms in total. The number of furan rings is 1. The number of phenols is 1. The Morgan fingerprint density at radius 2 is 1.86 bits per heavy atom. The van der Waals surface area contributed by atoms with Crippen LogP contribution in [0.15, 0.2) is 63.7 Å². The summed E-state index contributed by atoms with van der Waals surface area (Å²) in [4.78, 5) is 4.26. The van der Waals surface area contributed by atoms with E-state index in [4.69, 9.17) is 8.94 Å². The van der Waals surface area contributed by atoms with E-state index in [0.29, 0.717) is 17.1 Å². The van der Waals surface area contributed by atoms with Crippen molar-refractivity contribution in [3.05, 3.63) is 54.8 Å². The Kier molecular flexibility index (Phi) is 2.50. The summed E-state index contributed by atoms with van der Waals surface area (Å²) >= 11 is 0. The zero-order valence-electron chi connectivity index (χ0n) is 10.9. The minimum atomic E-state index is 0.128. The molecule has 2 aromatic heterocycles. The Hall–Kier alpha value is -3.08. The van der Waals surface area contributed by atoms with Crippen LogP contribution in [-0.2, 0) is 0 Å². The lowest BCUT2D eigenvalue weighted by Gasteiger charge is -2.04. The van der Waals surface area contributed by atoms with Gasteiger partial charge in [0.05, 0.1) is 11.8 Å². The molecule has 0 unspecified atom stereocenters. The number of aromatic nitrogens is 2. The Bertz CT molecular complexity index is 910. The molecule has 4 aromatic rings. The maximum Gasteiger partial charge on any atom is 0.262 e. The summed E-state index contributed by atoms with van der Waals surface area (Å²) in [5.41, 5.74) is 0.499.